The minimum absolute atomic E-state index is 0.259. The molecule has 1 aromatic carbocycles. The van der Waals surface area contributed by atoms with Crippen molar-refractivity contribution in [3.63, 3.8) is 0 Å². The van der Waals surface area contributed by atoms with Crippen LogP contribution >= 0.6 is 0 Å². The van der Waals surface area contributed by atoms with E-state index in [1.165, 1.54) is 0 Å². The molecule has 0 saturated heterocycles. The molecule has 2 aromatic heterocycles. The molecule has 2 N–H and O–H groups in total. The number of ether oxygens (including phenoxy) is 1. The number of hydrogen-bond donors (Lipinski definition) is 2. The van der Waals surface area contributed by atoms with Crippen molar-refractivity contribution in [3.8, 4) is 0 Å². The van der Waals surface area contributed by atoms with E-state index in [1.54, 1.807) is 37.7 Å². The van der Waals surface area contributed by atoms with Crippen LogP contribution in [0.25, 0.3) is 21.8 Å². The van der Waals surface area contributed by atoms with Crippen molar-refractivity contribution in [1.82, 2.24) is 14.7 Å². The second kappa shape index (κ2) is 6.04. The van der Waals surface area contributed by atoms with Crippen LogP contribution in [-0.4, -0.2) is 38.6 Å². The fraction of sp³-hybridized carbons (Fsp3) is 0.267. The molecule has 0 aliphatic rings. The molecule has 0 radical (unpaired) electrons. The third kappa shape index (κ3) is 2.83. The number of fused-ring (bicyclic) bond motifs is 3. The third-order valence-electron chi connectivity index (χ3n) is 3.50. The first-order valence-corrected chi connectivity index (χ1v) is 8.44. The SMILES string of the molecule is COCCCNS(=O)(=O)c1ccc2[nH]c3cnccc3c2c1. The molecule has 3 rings (SSSR count). The van der Waals surface area contributed by atoms with Crippen LogP contribution in [0.15, 0.2) is 41.6 Å². The highest BCUT2D eigenvalue weighted by molar-refractivity contribution is 7.89. The smallest absolute Gasteiger partial charge is 0.240 e. The Labute approximate surface area is 128 Å². The minimum atomic E-state index is -3.51. The number of nitrogens with one attached hydrogen (secondary N) is 2. The molecule has 116 valence electrons. The first-order valence-electron chi connectivity index (χ1n) is 6.96. The van der Waals surface area contributed by atoms with Crippen molar-refractivity contribution in [2.45, 2.75) is 11.3 Å². The summed E-state index contributed by atoms with van der Waals surface area (Å²) < 4.78 is 32.1. The highest BCUT2D eigenvalue weighted by atomic mass is 32.2. The summed E-state index contributed by atoms with van der Waals surface area (Å²) in [6.45, 7) is 0.878. The molecule has 0 spiro atoms. The van der Waals surface area contributed by atoms with Gasteiger partial charge >= 0.3 is 0 Å². The van der Waals surface area contributed by atoms with Crippen LogP contribution in [0.4, 0.5) is 0 Å². The molecule has 0 fully saturated rings. The number of rotatable bonds is 6. The van der Waals surface area contributed by atoms with Gasteiger partial charge in [0, 0.05) is 42.7 Å². The largest absolute Gasteiger partial charge is 0.385 e. The Morgan fingerprint density at radius 2 is 2.09 bits per heavy atom. The van der Waals surface area contributed by atoms with Crippen molar-refractivity contribution in [1.29, 1.82) is 0 Å². The summed E-state index contributed by atoms with van der Waals surface area (Å²) in [5.74, 6) is 0. The molecular formula is C15H17N3O3S. The average Bonchev–Trinajstić information content (AvgIpc) is 2.89. The number of benzene rings is 1. The molecule has 0 bridgehead atoms. The monoisotopic (exact) mass is 319 g/mol. The van der Waals surface area contributed by atoms with Gasteiger partial charge < -0.3 is 9.72 Å². The van der Waals surface area contributed by atoms with Crippen molar-refractivity contribution < 1.29 is 13.2 Å². The average molecular weight is 319 g/mol. The van der Waals surface area contributed by atoms with Gasteiger partial charge in [0.25, 0.3) is 0 Å². The Morgan fingerprint density at radius 3 is 2.91 bits per heavy atom. The summed E-state index contributed by atoms with van der Waals surface area (Å²) >= 11 is 0. The number of methoxy groups -OCH3 is 1. The van der Waals surface area contributed by atoms with E-state index in [1.807, 2.05) is 6.07 Å². The maximum Gasteiger partial charge on any atom is 0.240 e. The Morgan fingerprint density at radius 1 is 1.23 bits per heavy atom. The summed E-state index contributed by atoms with van der Waals surface area (Å²) in [5.41, 5.74) is 1.78. The van der Waals surface area contributed by atoms with Crippen LogP contribution in [0.2, 0.25) is 0 Å². The quantitative estimate of drug-likeness (QED) is 0.681. The zero-order valence-corrected chi connectivity index (χ0v) is 13.0. The molecule has 6 nitrogen and oxygen atoms in total. The zero-order valence-electron chi connectivity index (χ0n) is 12.2. The van der Waals surface area contributed by atoms with Crippen molar-refractivity contribution in [2.24, 2.45) is 0 Å². The van der Waals surface area contributed by atoms with Crippen molar-refractivity contribution in [3.05, 3.63) is 36.7 Å². The predicted molar refractivity (Wildman–Crippen MR) is 85.3 cm³/mol. The van der Waals surface area contributed by atoms with Gasteiger partial charge in [-0.25, -0.2) is 13.1 Å². The molecule has 22 heavy (non-hydrogen) atoms. The second-order valence-corrected chi connectivity index (χ2v) is 6.76. The molecule has 0 saturated carbocycles. The molecule has 0 aliphatic heterocycles. The lowest BCUT2D eigenvalue weighted by Crippen LogP contribution is -2.25. The van der Waals surface area contributed by atoms with Crippen LogP contribution in [0, 0.1) is 0 Å². The predicted octanol–water partition coefficient (Wildman–Crippen LogP) is 2.03. The number of aromatic nitrogens is 2. The van der Waals surface area contributed by atoms with E-state index in [-0.39, 0.29) is 4.90 Å². The van der Waals surface area contributed by atoms with Gasteiger partial charge in [-0.05, 0) is 30.7 Å². The van der Waals surface area contributed by atoms with Crippen LogP contribution in [-0.2, 0) is 14.8 Å². The second-order valence-electron chi connectivity index (χ2n) is 5.00. The number of nitrogens with zero attached hydrogens (tertiary/aromatic N) is 1. The summed E-state index contributed by atoms with van der Waals surface area (Å²) in [5, 5.41) is 1.83. The molecule has 0 unspecified atom stereocenters. The lowest BCUT2D eigenvalue weighted by atomic mass is 10.2. The van der Waals surface area contributed by atoms with Gasteiger partial charge in [0.05, 0.1) is 16.6 Å². The summed E-state index contributed by atoms with van der Waals surface area (Å²) in [7, 11) is -1.92. The summed E-state index contributed by atoms with van der Waals surface area (Å²) in [6.07, 6.45) is 4.06. The van der Waals surface area contributed by atoms with E-state index in [0.29, 0.717) is 19.6 Å². The number of H-pyrrole nitrogens is 1. The fourth-order valence-electron chi connectivity index (χ4n) is 2.40. The number of aromatic amines is 1. The standard InChI is InChI=1S/C15H17N3O3S/c1-21-8-2-6-17-22(19,20)11-3-4-14-13(9-11)12-5-7-16-10-15(12)18-14/h3-5,7,9-10,17-18H,2,6,8H2,1H3. The van der Waals surface area contributed by atoms with Gasteiger partial charge in [-0.3, -0.25) is 4.98 Å². The van der Waals surface area contributed by atoms with Crippen LogP contribution in [0.1, 0.15) is 6.42 Å². The third-order valence-corrected chi connectivity index (χ3v) is 4.96. The minimum Gasteiger partial charge on any atom is -0.385 e. The molecule has 0 atom stereocenters. The lowest BCUT2D eigenvalue weighted by molar-refractivity contribution is 0.196. The Hall–Kier alpha value is -1.96. The Bertz CT molecular complexity index is 903. The normalized spacial score (nSPS) is 12.2. The first kappa shape index (κ1) is 15.0. The van der Waals surface area contributed by atoms with E-state index in [4.69, 9.17) is 4.74 Å². The summed E-state index contributed by atoms with van der Waals surface area (Å²) in [6, 6.07) is 6.94. The van der Waals surface area contributed by atoms with E-state index in [9.17, 15) is 8.42 Å². The number of sulfonamides is 1. The van der Waals surface area contributed by atoms with Crippen LogP contribution in [0.5, 0.6) is 0 Å². The van der Waals surface area contributed by atoms with Crippen molar-refractivity contribution in [2.75, 3.05) is 20.3 Å². The van der Waals surface area contributed by atoms with Gasteiger partial charge in [-0.1, -0.05) is 0 Å². The number of hydrogen-bond acceptors (Lipinski definition) is 4. The highest BCUT2D eigenvalue weighted by Gasteiger charge is 2.15. The topological polar surface area (TPSA) is 84.1 Å². The van der Waals surface area contributed by atoms with Crippen LogP contribution < -0.4 is 4.72 Å². The number of pyridine rings is 1. The van der Waals surface area contributed by atoms with E-state index < -0.39 is 10.0 Å². The summed E-state index contributed by atoms with van der Waals surface area (Å²) in [4.78, 5) is 7.55. The molecule has 2 heterocycles. The van der Waals surface area contributed by atoms with E-state index in [0.717, 1.165) is 21.8 Å². The molecular weight excluding hydrogens is 302 g/mol. The fourth-order valence-corrected chi connectivity index (χ4v) is 3.50. The van der Waals surface area contributed by atoms with Crippen LogP contribution in [0.3, 0.4) is 0 Å². The maximum atomic E-state index is 12.3. The first-order chi connectivity index (χ1) is 10.6. The molecule has 0 amide bonds. The highest BCUT2D eigenvalue weighted by Crippen LogP contribution is 2.26. The van der Waals surface area contributed by atoms with Gasteiger partial charge in [-0.15, -0.1) is 0 Å². The van der Waals surface area contributed by atoms with E-state index >= 15 is 0 Å². The lowest BCUT2D eigenvalue weighted by Gasteiger charge is -2.06. The zero-order chi connectivity index (χ0) is 15.6. The maximum absolute atomic E-state index is 12.3. The molecule has 0 aliphatic carbocycles. The van der Waals surface area contributed by atoms with Crippen molar-refractivity contribution >= 4 is 31.8 Å². The van der Waals surface area contributed by atoms with Gasteiger partial charge in [0.2, 0.25) is 10.0 Å². The molecule has 7 heteroatoms. The van der Waals surface area contributed by atoms with Gasteiger partial charge in [0.15, 0.2) is 0 Å². The van der Waals surface area contributed by atoms with E-state index in [2.05, 4.69) is 14.7 Å². The van der Waals surface area contributed by atoms with Gasteiger partial charge in [0.1, 0.15) is 0 Å². The molecule has 3 aromatic rings. The Kier molecular flexibility index (Phi) is 4.10. The Balaban J connectivity index is 1.95. The van der Waals surface area contributed by atoms with Gasteiger partial charge in [-0.2, -0.15) is 0 Å².